The van der Waals surface area contributed by atoms with Gasteiger partial charge < -0.3 is 4.57 Å². The summed E-state index contributed by atoms with van der Waals surface area (Å²) < 4.78 is 27.9. The van der Waals surface area contributed by atoms with Crippen LogP contribution in [0.1, 0.15) is 44.5 Å². The second-order valence-corrected chi connectivity index (χ2v) is 4.01. The Morgan fingerprint density at radius 2 is 2.21 bits per heavy atom. The van der Waals surface area contributed by atoms with Crippen molar-refractivity contribution in [3.8, 4) is 0 Å². The van der Waals surface area contributed by atoms with Crippen molar-refractivity contribution < 1.29 is 8.78 Å². The van der Waals surface area contributed by atoms with Crippen molar-refractivity contribution in [1.29, 1.82) is 0 Å². The van der Waals surface area contributed by atoms with Gasteiger partial charge in [0, 0.05) is 13.0 Å². The van der Waals surface area contributed by atoms with Gasteiger partial charge in [0.2, 0.25) is 0 Å². The van der Waals surface area contributed by atoms with Crippen molar-refractivity contribution >= 4 is 0 Å². The molecule has 0 amide bonds. The van der Waals surface area contributed by atoms with E-state index in [1.165, 1.54) is 6.92 Å². The van der Waals surface area contributed by atoms with Crippen molar-refractivity contribution in [1.82, 2.24) is 14.8 Å². The fourth-order valence-corrected chi connectivity index (χ4v) is 1.42. The van der Waals surface area contributed by atoms with Gasteiger partial charge in [-0.25, -0.2) is 8.78 Å². The molecule has 1 aliphatic carbocycles. The lowest BCUT2D eigenvalue weighted by Crippen LogP contribution is -2.22. The second kappa shape index (κ2) is 3.00. The molecule has 14 heavy (non-hydrogen) atoms. The van der Waals surface area contributed by atoms with Gasteiger partial charge in [-0.1, -0.05) is 0 Å². The molecule has 78 valence electrons. The fraction of sp³-hybridized carbons (Fsp3) is 0.778. The summed E-state index contributed by atoms with van der Waals surface area (Å²) in [5.41, 5.74) is 0. The predicted molar refractivity (Wildman–Crippen MR) is 47.3 cm³/mol. The SMILES string of the molecule is CC(c1nncn1C1CC1)C(C)(F)F. The van der Waals surface area contributed by atoms with Crippen molar-refractivity contribution in [2.24, 2.45) is 0 Å². The zero-order valence-corrected chi connectivity index (χ0v) is 8.24. The normalized spacial score (nSPS) is 19.7. The van der Waals surface area contributed by atoms with Crippen LogP contribution in [0, 0.1) is 0 Å². The molecule has 0 spiro atoms. The number of hydrogen-bond donors (Lipinski definition) is 0. The Kier molecular flexibility index (Phi) is 2.05. The van der Waals surface area contributed by atoms with Crippen LogP contribution in [-0.4, -0.2) is 20.7 Å². The van der Waals surface area contributed by atoms with E-state index >= 15 is 0 Å². The summed E-state index contributed by atoms with van der Waals surface area (Å²) in [6.45, 7) is 2.41. The summed E-state index contributed by atoms with van der Waals surface area (Å²) >= 11 is 0. The first kappa shape index (κ1) is 9.55. The molecule has 1 heterocycles. The summed E-state index contributed by atoms with van der Waals surface area (Å²) in [7, 11) is 0. The summed E-state index contributed by atoms with van der Waals surface area (Å²) in [6.07, 6.45) is 3.65. The molecule has 0 saturated heterocycles. The smallest absolute Gasteiger partial charge is 0.254 e. The first-order valence-corrected chi connectivity index (χ1v) is 4.77. The molecule has 1 aromatic rings. The molecule has 0 aliphatic heterocycles. The lowest BCUT2D eigenvalue weighted by atomic mass is 10.0. The van der Waals surface area contributed by atoms with Crippen LogP contribution < -0.4 is 0 Å². The monoisotopic (exact) mass is 201 g/mol. The third kappa shape index (κ3) is 1.63. The van der Waals surface area contributed by atoms with Crippen LogP contribution in [0.5, 0.6) is 0 Å². The highest BCUT2D eigenvalue weighted by Gasteiger charge is 2.37. The quantitative estimate of drug-likeness (QED) is 0.751. The van der Waals surface area contributed by atoms with Crippen LogP contribution in [0.2, 0.25) is 0 Å². The van der Waals surface area contributed by atoms with Crippen LogP contribution in [0.25, 0.3) is 0 Å². The lowest BCUT2D eigenvalue weighted by molar-refractivity contribution is -0.00589. The molecule has 0 bridgehead atoms. The van der Waals surface area contributed by atoms with Crippen molar-refractivity contribution in [3.63, 3.8) is 0 Å². The largest absolute Gasteiger partial charge is 0.314 e. The Labute approximate surface area is 81.1 Å². The van der Waals surface area contributed by atoms with Gasteiger partial charge in [0.1, 0.15) is 12.2 Å². The van der Waals surface area contributed by atoms with Crippen LogP contribution in [0.4, 0.5) is 8.78 Å². The Balaban J connectivity index is 2.26. The van der Waals surface area contributed by atoms with E-state index in [4.69, 9.17) is 0 Å². The Hall–Kier alpha value is -1.00. The maximum atomic E-state index is 13.1. The van der Waals surface area contributed by atoms with Gasteiger partial charge in [-0.15, -0.1) is 10.2 Å². The molecule has 1 fully saturated rings. The lowest BCUT2D eigenvalue weighted by Gasteiger charge is -2.18. The number of hydrogen-bond acceptors (Lipinski definition) is 2. The van der Waals surface area contributed by atoms with E-state index in [0.717, 1.165) is 19.8 Å². The van der Waals surface area contributed by atoms with E-state index in [1.807, 2.05) is 0 Å². The Bertz CT molecular complexity index is 325. The van der Waals surface area contributed by atoms with E-state index in [1.54, 1.807) is 10.9 Å². The second-order valence-electron chi connectivity index (χ2n) is 4.01. The molecule has 1 aromatic heterocycles. The molecule has 1 atom stereocenters. The van der Waals surface area contributed by atoms with Crippen molar-refractivity contribution in [2.45, 2.75) is 44.6 Å². The van der Waals surface area contributed by atoms with Crippen molar-refractivity contribution in [2.75, 3.05) is 0 Å². The molecular formula is C9H13F2N3. The molecule has 3 nitrogen and oxygen atoms in total. The number of alkyl halides is 2. The Morgan fingerprint density at radius 1 is 1.57 bits per heavy atom. The average molecular weight is 201 g/mol. The van der Waals surface area contributed by atoms with Gasteiger partial charge in [0.05, 0.1) is 5.92 Å². The fourth-order valence-electron chi connectivity index (χ4n) is 1.42. The molecule has 0 N–H and O–H groups in total. The maximum Gasteiger partial charge on any atom is 0.254 e. The zero-order valence-electron chi connectivity index (χ0n) is 8.24. The number of rotatable bonds is 3. The standard InChI is InChI=1S/C9H13F2N3/c1-6(9(2,10)11)8-13-12-5-14(8)7-3-4-7/h5-7H,3-4H2,1-2H3. The first-order chi connectivity index (χ1) is 6.50. The molecule has 1 unspecified atom stereocenters. The highest BCUT2D eigenvalue weighted by molar-refractivity contribution is 5.03. The van der Waals surface area contributed by atoms with Gasteiger partial charge in [-0.05, 0) is 19.8 Å². The summed E-state index contributed by atoms with van der Waals surface area (Å²) in [6, 6.07) is 0.352. The molecule has 1 aliphatic rings. The minimum atomic E-state index is -2.74. The van der Waals surface area contributed by atoms with Gasteiger partial charge in [-0.2, -0.15) is 0 Å². The highest BCUT2D eigenvalue weighted by Crippen LogP contribution is 2.39. The first-order valence-electron chi connectivity index (χ1n) is 4.77. The minimum Gasteiger partial charge on any atom is -0.314 e. The van der Waals surface area contributed by atoms with Gasteiger partial charge in [0.25, 0.3) is 5.92 Å². The van der Waals surface area contributed by atoms with Gasteiger partial charge >= 0.3 is 0 Å². The molecule has 5 heteroatoms. The highest BCUT2D eigenvalue weighted by atomic mass is 19.3. The minimum absolute atomic E-state index is 0.352. The van der Waals surface area contributed by atoms with E-state index in [0.29, 0.717) is 11.9 Å². The van der Waals surface area contributed by atoms with Crippen LogP contribution in [-0.2, 0) is 0 Å². The zero-order chi connectivity index (χ0) is 10.3. The summed E-state index contributed by atoms with van der Waals surface area (Å²) in [5, 5.41) is 7.47. The summed E-state index contributed by atoms with van der Waals surface area (Å²) in [4.78, 5) is 0. The maximum absolute atomic E-state index is 13.1. The number of aromatic nitrogens is 3. The topological polar surface area (TPSA) is 30.7 Å². The van der Waals surface area contributed by atoms with E-state index in [2.05, 4.69) is 10.2 Å². The van der Waals surface area contributed by atoms with Crippen LogP contribution in [0.3, 0.4) is 0 Å². The molecule has 2 rings (SSSR count). The van der Waals surface area contributed by atoms with Gasteiger partial charge in [-0.3, -0.25) is 0 Å². The predicted octanol–water partition coefficient (Wildman–Crippen LogP) is 2.37. The third-order valence-corrected chi connectivity index (χ3v) is 2.69. The van der Waals surface area contributed by atoms with E-state index in [-0.39, 0.29) is 0 Å². The third-order valence-electron chi connectivity index (χ3n) is 2.69. The number of nitrogens with zero attached hydrogens (tertiary/aromatic N) is 3. The number of halogens is 2. The van der Waals surface area contributed by atoms with Crippen LogP contribution >= 0.6 is 0 Å². The van der Waals surface area contributed by atoms with Crippen molar-refractivity contribution in [3.05, 3.63) is 12.2 Å². The van der Waals surface area contributed by atoms with Gasteiger partial charge in [0.15, 0.2) is 0 Å². The summed E-state index contributed by atoms with van der Waals surface area (Å²) in [5.74, 6) is -3.20. The van der Waals surface area contributed by atoms with E-state index < -0.39 is 11.8 Å². The van der Waals surface area contributed by atoms with Crippen LogP contribution in [0.15, 0.2) is 6.33 Å². The Morgan fingerprint density at radius 3 is 2.71 bits per heavy atom. The molecule has 0 aromatic carbocycles. The average Bonchev–Trinajstić information content (AvgIpc) is 2.81. The van der Waals surface area contributed by atoms with E-state index in [9.17, 15) is 8.78 Å². The molecule has 0 radical (unpaired) electrons. The molecule has 1 saturated carbocycles. The molecular weight excluding hydrogens is 188 g/mol.